The molecule has 6 N–H and O–H groups in total. The summed E-state index contributed by atoms with van der Waals surface area (Å²) in [4.78, 5) is 17.6. The Bertz CT molecular complexity index is 1450. The molecule has 0 radical (unpaired) electrons. The highest BCUT2D eigenvalue weighted by molar-refractivity contribution is 6.29. The maximum atomic E-state index is 13.3. The largest absolute Gasteiger partial charge is 0.455 e. The summed E-state index contributed by atoms with van der Waals surface area (Å²) >= 11 is 6.07. The van der Waals surface area contributed by atoms with Crippen LogP contribution in [-0.4, -0.2) is 10.8 Å². The van der Waals surface area contributed by atoms with Gasteiger partial charge in [0.05, 0.1) is 17.1 Å². The molecule has 0 bridgehead atoms. The van der Waals surface area contributed by atoms with E-state index in [-0.39, 0.29) is 22.5 Å². The molecule has 2 heterocycles. The van der Waals surface area contributed by atoms with E-state index in [1.165, 1.54) is 0 Å². The van der Waals surface area contributed by atoms with Crippen molar-refractivity contribution in [3.63, 3.8) is 0 Å². The number of amidine groups is 1. The molecule has 2 aromatic carbocycles. The van der Waals surface area contributed by atoms with E-state index in [2.05, 4.69) is 20.9 Å². The number of hydrogen-bond donors (Lipinski definition) is 4. The molecule has 0 aliphatic rings. The second-order valence-electron chi connectivity index (χ2n) is 8.00. The van der Waals surface area contributed by atoms with Crippen LogP contribution in [0.3, 0.4) is 0 Å². The van der Waals surface area contributed by atoms with Gasteiger partial charge in [0.15, 0.2) is 11.3 Å². The van der Waals surface area contributed by atoms with Crippen molar-refractivity contribution in [3.8, 4) is 11.3 Å². The van der Waals surface area contributed by atoms with Crippen LogP contribution in [0.15, 0.2) is 68.9 Å². The standard InChI is InChI=1S/C25H25ClN6O2/c1-13-11-17(15(3)29-19-9-10-20(26)30-21(19)25(27)31-32-28)24-18(12-13)22(33)14(2)23(34-24)16-7-5-4-6-8-16/h4-12,15,29,32H,28H2,1-3H3,(H2,27,31). The van der Waals surface area contributed by atoms with Gasteiger partial charge in [-0.3, -0.25) is 4.79 Å². The monoisotopic (exact) mass is 476 g/mol. The number of hydrazone groups is 1. The van der Waals surface area contributed by atoms with Crippen molar-refractivity contribution in [2.45, 2.75) is 26.8 Å². The van der Waals surface area contributed by atoms with Gasteiger partial charge in [0, 0.05) is 16.7 Å². The van der Waals surface area contributed by atoms with Crippen LogP contribution in [0.25, 0.3) is 22.3 Å². The van der Waals surface area contributed by atoms with Crippen LogP contribution in [0.1, 0.15) is 35.3 Å². The normalized spacial score (nSPS) is 12.6. The number of anilines is 1. The number of pyridine rings is 1. The molecular formula is C25H25ClN6O2. The Kier molecular flexibility index (Phi) is 6.54. The summed E-state index contributed by atoms with van der Waals surface area (Å²) in [5.41, 5.74) is 12.8. The van der Waals surface area contributed by atoms with Gasteiger partial charge in [0.25, 0.3) is 0 Å². The molecule has 1 unspecified atom stereocenters. The summed E-state index contributed by atoms with van der Waals surface area (Å²) in [6.07, 6.45) is 0. The lowest BCUT2D eigenvalue weighted by Crippen LogP contribution is -2.25. The molecule has 0 amide bonds. The Morgan fingerprint density at radius 3 is 2.59 bits per heavy atom. The van der Waals surface area contributed by atoms with Crippen LogP contribution >= 0.6 is 11.6 Å². The molecule has 9 heteroatoms. The van der Waals surface area contributed by atoms with Crippen molar-refractivity contribution in [1.29, 1.82) is 0 Å². The Morgan fingerprint density at radius 1 is 1.15 bits per heavy atom. The van der Waals surface area contributed by atoms with Gasteiger partial charge in [-0.05, 0) is 44.5 Å². The number of hydrazine groups is 1. The zero-order chi connectivity index (χ0) is 24.4. The highest BCUT2D eigenvalue weighted by atomic mass is 35.5. The fourth-order valence-corrected chi connectivity index (χ4v) is 4.08. The van der Waals surface area contributed by atoms with E-state index in [1.807, 2.05) is 56.3 Å². The molecule has 0 aliphatic heterocycles. The summed E-state index contributed by atoms with van der Waals surface area (Å²) in [5.74, 6) is 5.90. The van der Waals surface area contributed by atoms with Crippen molar-refractivity contribution in [2.24, 2.45) is 16.7 Å². The first kappa shape index (κ1) is 23.3. The zero-order valence-corrected chi connectivity index (χ0v) is 19.8. The van der Waals surface area contributed by atoms with Crippen molar-refractivity contribution >= 4 is 34.1 Å². The van der Waals surface area contributed by atoms with Crippen molar-refractivity contribution < 1.29 is 4.42 Å². The quantitative estimate of drug-likeness (QED) is 0.107. The number of nitrogens with one attached hydrogen (secondary N) is 2. The van der Waals surface area contributed by atoms with E-state index in [1.54, 1.807) is 19.1 Å². The minimum atomic E-state index is -0.280. The number of nitrogens with two attached hydrogens (primary N) is 2. The van der Waals surface area contributed by atoms with Crippen LogP contribution in [0.4, 0.5) is 5.69 Å². The average Bonchev–Trinajstić information content (AvgIpc) is 2.83. The summed E-state index contributed by atoms with van der Waals surface area (Å²) in [6, 6.07) is 16.6. The predicted molar refractivity (Wildman–Crippen MR) is 137 cm³/mol. The Balaban J connectivity index is 1.86. The molecular weight excluding hydrogens is 452 g/mol. The lowest BCUT2D eigenvalue weighted by atomic mass is 9.98. The second-order valence-corrected chi connectivity index (χ2v) is 8.39. The van der Waals surface area contributed by atoms with Crippen LogP contribution in [0.2, 0.25) is 5.15 Å². The van der Waals surface area contributed by atoms with Crippen molar-refractivity contribution in [2.75, 3.05) is 5.32 Å². The minimum absolute atomic E-state index is 0.0588. The van der Waals surface area contributed by atoms with Gasteiger partial charge >= 0.3 is 0 Å². The summed E-state index contributed by atoms with van der Waals surface area (Å²) < 4.78 is 6.39. The zero-order valence-electron chi connectivity index (χ0n) is 19.0. The molecule has 1 atom stereocenters. The molecule has 0 fully saturated rings. The molecule has 4 aromatic rings. The van der Waals surface area contributed by atoms with Crippen molar-refractivity contribution in [1.82, 2.24) is 10.5 Å². The molecule has 0 spiro atoms. The van der Waals surface area contributed by atoms with Gasteiger partial charge in [0.2, 0.25) is 0 Å². The van der Waals surface area contributed by atoms with Crippen LogP contribution < -0.4 is 27.9 Å². The van der Waals surface area contributed by atoms with Crippen LogP contribution in [0, 0.1) is 13.8 Å². The number of nitrogens with zero attached hydrogens (tertiary/aromatic N) is 2. The first-order chi connectivity index (χ1) is 16.3. The lowest BCUT2D eigenvalue weighted by Gasteiger charge is -2.20. The third-order valence-electron chi connectivity index (χ3n) is 5.56. The fraction of sp³-hybridized carbons (Fsp3) is 0.160. The lowest BCUT2D eigenvalue weighted by molar-refractivity contribution is 0.605. The van der Waals surface area contributed by atoms with Gasteiger partial charge < -0.3 is 15.5 Å². The molecule has 0 aliphatic carbocycles. The van der Waals surface area contributed by atoms with Gasteiger partial charge in [-0.1, -0.05) is 48.0 Å². The van der Waals surface area contributed by atoms with Crippen LogP contribution in [-0.2, 0) is 0 Å². The fourth-order valence-electron chi connectivity index (χ4n) is 3.93. The van der Waals surface area contributed by atoms with E-state index < -0.39 is 0 Å². The summed E-state index contributed by atoms with van der Waals surface area (Å²) in [5, 5.41) is 8.00. The third-order valence-corrected chi connectivity index (χ3v) is 5.77. The van der Waals surface area contributed by atoms with Gasteiger partial charge in [-0.25, -0.2) is 16.4 Å². The predicted octanol–water partition coefficient (Wildman–Crippen LogP) is 4.38. The van der Waals surface area contributed by atoms with Crippen molar-refractivity contribution in [3.05, 3.63) is 92.4 Å². The van der Waals surface area contributed by atoms with E-state index in [4.69, 9.17) is 27.6 Å². The molecule has 174 valence electrons. The summed E-state index contributed by atoms with van der Waals surface area (Å²) in [7, 11) is 0. The molecule has 8 nitrogen and oxygen atoms in total. The topological polar surface area (TPSA) is 132 Å². The van der Waals surface area contributed by atoms with Gasteiger partial charge in [-0.2, -0.15) is 0 Å². The first-order valence-corrected chi connectivity index (χ1v) is 11.0. The van der Waals surface area contributed by atoms with E-state index in [9.17, 15) is 4.79 Å². The number of rotatable bonds is 6. The number of benzene rings is 2. The SMILES string of the molecule is Cc1cc(C(C)Nc2ccc(Cl)nc2/C(N)=N/NN)c2oc(-c3ccccc3)c(C)c(=O)c2c1. The highest BCUT2D eigenvalue weighted by Gasteiger charge is 2.20. The van der Waals surface area contributed by atoms with Gasteiger partial charge in [-0.15, -0.1) is 5.10 Å². The number of fused-ring (bicyclic) bond motifs is 1. The maximum absolute atomic E-state index is 13.3. The second kappa shape index (κ2) is 9.54. The Hall–Kier alpha value is -3.88. The molecule has 4 rings (SSSR count). The number of halogens is 1. The molecule has 0 saturated carbocycles. The summed E-state index contributed by atoms with van der Waals surface area (Å²) in [6.45, 7) is 5.70. The van der Waals surface area contributed by atoms with E-state index >= 15 is 0 Å². The van der Waals surface area contributed by atoms with E-state index in [0.717, 1.165) is 16.7 Å². The third kappa shape index (κ3) is 4.46. The van der Waals surface area contributed by atoms with Crippen LogP contribution in [0.5, 0.6) is 0 Å². The number of hydrogen-bond acceptors (Lipinski definition) is 7. The smallest absolute Gasteiger partial charge is 0.196 e. The van der Waals surface area contributed by atoms with E-state index in [0.29, 0.717) is 33.7 Å². The van der Waals surface area contributed by atoms with Gasteiger partial charge in [0.1, 0.15) is 22.2 Å². The number of aromatic nitrogens is 1. The maximum Gasteiger partial charge on any atom is 0.196 e. The first-order valence-electron chi connectivity index (χ1n) is 10.7. The Labute approximate surface area is 201 Å². The molecule has 34 heavy (non-hydrogen) atoms. The molecule has 0 saturated heterocycles. The minimum Gasteiger partial charge on any atom is -0.455 e. The average molecular weight is 477 g/mol. The molecule has 2 aromatic heterocycles. The Morgan fingerprint density at radius 2 is 1.88 bits per heavy atom. The number of aryl methyl sites for hydroxylation is 1. The highest BCUT2D eigenvalue weighted by Crippen LogP contribution is 2.32.